The van der Waals surface area contributed by atoms with Crippen LogP contribution in [-0.2, 0) is 9.59 Å². The van der Waals surface area contributed by atoms with Gasteiger partial charge in [-0.25, -0.2) is 0 Å². The number of hydrogen-bond acceptors (Lipinski definition) is 6. The largest absolute Gasteiger partial charge is 0.384 e. The van der Waals surface area contributed by atoms with Gasteiger partial charge in [0.2, 0.25) is 0 Å². The van der Waals surface area contributed by atoms with Crippen LogP contribution in [0.15, 0.2) is 0 Å². The number of likely N-dealkylation sites (N-methyl/N-ethyl adjacent to an activating group) is 1. The fourth-order valence-electron chi connectivity index (χ4n) is 5.40. The lowest BCUT2D eigenvalue weighted by Crippen LogP contribution is -2.62. The second kappa shape index (κ2) is 21.5. The molecule has 1 rings (SSSR count). The van der Waals surface area contributed by atoms with Crippen LogP contribution in [0.2, 0.25) is 0 Å². The molecule has 2 amide bonds. The summed E-state index contributed by atoms with van der Waals surface area (Å²) in [5, 5.41) is 36.8. The number of nitrogens with zero attached hydrogens (tertiary/aromatic N) is 1. The second-order valence-corrected chi connectivity index (χ2v) is 11.9. The van der Waals surface area contributed by atoms with Crippen LogP contribution < -0.4 is 10.6 Å². The van der Waals surface area contributed by atoms with Crippen LogP contribution in [0.5, 0.6) is 0 Å². The van der Waals surface area contributed by atoms with Crippen molar-refractivity contribution in [2.45, 2.75) is 160 Å². The molecule has 4 atom stereocenters. The van der Waals surface area contributed by atoms with Crippen LogP contribution >= 0.6 is 0 Å². The lowest BCUT2D eigenvalue weighted by molar-refractivity contribution is -0.170. The van der Waals surface area contributed by atoms with Gasteiger partial charge < -0.3 is 30.9 Å². The highest BCUT2D eigenvalue weighted by molar-refractivity contribution is 5.86. The molecule has 4 unspecified atom stereocenters. The zero-order chi connectivity index (χ0) is 28.9. The number of carbonyl (C=O) groups is 2. The van der Waals surface area contributed by atoms with Gasteiger partial charge in [-0.3, -0.25) is 9.59 Å². The molecule has 230 valence electrons. The first kappa shape index (κ1) is 35.8. The quantitative estimate of drug-likeness (QED) is 0.119. The summed E-state index contributed by atoms with van der Waals surface area (Å²) in [6, 6.07) is -0.127. The van der Waals surface area contributed by atoms with E-state index in [0.717, 1.165) is 52.1 Å². The van der Waals surface area contributed by atoms with Gasteiger partial charge in [-0.15, -0.1) is 0 Å². The topological polar surface area (TPSA) is 122 Å². The van der Waals surface area contributed by atoms with Gasteiger partial charge in [0.15, 0.2) is 12.2 Å². The molecule has 0 aromatic carbocycles. The van der Waals surface area contributed by atoms with Crippen molar-refractivity contribution >= 4 is 11.8 Å². The lowest BCUT2D eigenvalue weighted by atomic mass is 9.90. The number of amides is 2. The van der Waals surface area contributed by atoms with Gasteiger partial charge in [-0.2, -0.15) is 0 Å². The molecule has 8 heteroatoms. The first-order chi connectivity index (χ1) is 18.7. The van der Waals surface area contributed by atoms with E-state index >= 15 is 0 Å². The summed E-state index contributed by atoms with van der Waals surface area (Å²) >= 11 is 0. The van der Waals surface area contributed by atoms with E-state index in [1.165, 1.54) is 83.5 Å². The van der Waals surface area contributed by atoms with Crippen LogP contribution in [0.1, 0.15) is 136 Å². The minimum Gasteiger partial charge on any atom is -0.384 e. The Labute approximate surface area is 238 Å². The predicted octanol–water partition coefficient (Wildman–Crippen LogP) is 4.44. The van der Waals surface area contributed by atoms with E-state index in [9.17, 15) is 24.9 Å². The molecular formula is C31H61N3O5. The smallest absolute Gasteiger partial charge is 0.252 e. The zero-order valence-electron chi connectivity index (χ0n) is 25.4. The third-order valence-electron chi connectivity index (χ3n) is 8.23. The van der Waals surface area contributed by atoms with Gasteiger partial charge in [0.25, 0.3) is 11.8 Å². The number of hydrogen-bond donors (Lipinski definition) is 5. The Hall–Kier alpha value is -1.22. The van der Waals surface area contributed by atoms with Gasteiger partial charge in [0, 0.05) is 19.1 Å². The van der Waals surface area contributed by atoms with Crippen molar-refractivity contribution in [2.75, 3.05) is 26.2 Å². The Kier molecular flexibility index (Phi) is 19.8. The molecule has 1 fully saturated rings. The maximum absolute atomic E-state index is 12.5. The van der Waals surface area contributed by atoms with Crippen molar-refractivity contribution in [1.29, 1.82) is 0 Å². The van der Waals surface area contributed by atoms with E-state index in [4.69, 9.17) is 0 Å². The summed E-state index contributed by atoms with van der Waals surface area (Å²) in [4.78, 5) is 27.1. The summed E-state index contributed by atoms with van der Waals surface area (Å²) in [7, 11) is 0. The lowest BCUT2D eigenvalue weighted by Gasteiger charge is -2.35. The van der Waals surface area contributed by atoms with Crippen LogP contribution in [0.3, 0.4) is 0 Å². The highest BCUT2D eigenvalue weighted by Gasteiger charge is 2.46. The Morgan fingerprint density at radius 2 is 1.26 bits per heavy atom. The van der Waals surface area contributed by atoms with Gasteiger partial charge in [0.1, 0.15) is 5.60 Å². The number of carbonyl (C=O) groups excluding carboxylic acids is 2. The van der Waals surface area contributed by atoms with Crippen LogP contribution in [0, 0.1) is 0 Å². The van der Waals surface area contributed by atoms with E-state index in [2.05, 4.69) is 29.4 Å². The number of nitrogens with one attached hydrogen (secondary N) is 2. The number of piperidine rings is 1. The SMILES string of the molecule is CCCCCCCCCCCCCCCCCCNC(=O)C(O)C(C)(O)C(O)C(=O)NC1CCCN(CC)C1. The molecule has 0 aromatic heterocycles. The van der Waals surface area contributed by atoms with Gasteiger partial charge in [0.05, 0.1) is 0 Å². The Morgan fingerprint density at radius 3 is 1.74 bits per heavy atom. The molecule has 1 saturated heterocycles. The summed E-state index contributed by atoms with van der Waals surface area (Å²) in [5.74, 6) is -1.55. The van der Waals surface area contributed by atoms with Crippen molar-refractivity contribution in [1.82, 2.24) is 15.5 Å². The van der Waals surface area contributed by atoms with Crippen molar-refractivity contribution in [2.24, 2.45) is 0 Å². The molecule has 39 heavy (non-hydrogen) atoms. The number of rotatable bonds is 23. The fraction of sp³-hybridized carbons (Fsp3) is 0.935. The molecule has 0 saturated carbocycles. The average molecular weight is 556 g/mol. The van der Waals surface area contributed by atoms with Crippen molar-refractivity contribution in [3.63, 3.8) is 0 Å². The Morgan fingerprint density at radius 1 is 0.795 bits per heavy atom. The molecule has 1 heterocycles. The van der Waals surface area contributed by atoms with Gasteiger partial charge in [-0.05, 0) is 39.3 Å². The molecular weight excluding hydrogens is 494 g/mol. The summed E-state index contributed by atoms with van der Waals surface area (Å²) < 4.78 is 0. The molecule has 0 spiro atoms. The zero-order valence-corrected chi connectivity index (χ0v) is 25.4. The number of unbranched alkanes of at least 4 members (excludes halogenated alkanes) is 15. The first-order valence-corrected chi connectivity index (χ1v) is 16.1. The molecule has 1 aliphatic heterocycles. The van der Waals surface area contributed by atoms with E-state index in [0.29, 0.717) is 13.1 Å². The van der Waals surface area contributed by atoms with Crippen LogP contribution in [-0.4, -0.2) is 82.1 Å². The third kappa shape index (κ3) is 15.4. The average Bonchev–Trinajstić information content (AvgIpc) is 2.93. The Bertz CT molecular complexity index is 646. The monoisotopic (exact) mass is 555 g/mol. The minimum absolute atomic E-state index is 0.127. The van der Waals surface area contributed by atoms with E-state index in [1.54, 1.807) is 0 Å². The second-order valence-electron chi connectivity index (χ2n) is 11.9. The third-order valence-corrected chi connectivity index (χ3v) is 8.23. The van der Waals surface area contributed by atoms with Gasteiger partial charge in [-0.1, -0.05) is 110 Å². The normalized spacial score (nSPS) is 19.3. The molecule has 8 nitrogen and oxygen atoms in total. The Balaban J connectivity index is 2.08. The minimum atomic E-state index is -2.29. The highest BCUT2D eigenvalue weighted by atomic mass is 16.4. The molecule has 1 aliphatic rings. The van der Waals surface area contributed by atoms with Crippen molar-refractivity contribution in [3.8, 4) is 0 Å². The standard InChI is InChI=1S/C31H61N3O5/c1-4-6-7-8-9-10-11-12-13-14-15-16-17-18-19-20-23-32-29(37)27(35)31(3,39)28(36)30(38)33-26-22-21-24-34(5-2)25-26/h26-28,35-36,39H,4-25H2,1-3H3,(H,32,37)(H,33,38). The fourth-order valence-corrected chi connectivity index (χ4v) is 5.40. The van der Waals surface area contributed by atoms with Crippen LogP contribution in [0.25, 0.3) is 0 Å². The molecule has 5 N–H and O–H groups in total. The number of likely N-dealkylation sites (tertiary alicyclic amines) is 1. The molecule has 0 aromatic rings. The molecule has 0 aliphatic carbocycles. The van der Waals surface area contributed by atoms with E-state index in [-0.39, 0.29) is 6.04 Å². The summed E-state index contributed by atoms with van der Waals surface area (Å²) in [6.45, 7) is 8.36. The highest BCUT2D eigenvalue weighted by Crippen LogP contribution is 2.18. The summed E-state index contributed by atoms with van der Waals surface area (Å²) in [5.41, 5.74) is -2.29. The van der Waals surface area contributed by atoms with E-state index < -0.39 is 29.6 Å². The van der Waals surface area contributed by atoms with Crippen LogP contribution in [0.4, 0.5) is 0 Å². The van der Waals surface area contributed by atoms with Gasteiger partial charge >= 0.3 is 0 Å². The van der Waals surface area contributed by atoms with E-state index in [1.807, 2.05) is 0 Å². The number of aliphatic hydroxyl groups is 3. The maximum Gasteiger partial charge on any atom is 0.252 e. The number of aliphatic hydroxyl groups excluding tert-OH is 2. The summed E-state index contributed by atoms with van der Waals surface area (Å²) in [6.07, 6.45) is 18.3. The van der Waals surface area contributed by atoms with Crippen molar-refractivity contribution in [3.05, 3.63) is 0 Å². The maximum atomic E-state index is 12.5. The van der Waals surface area contributed by atoms with Crippen molar-refractivity contribution < 1.29 is 24.9 Å². The molecule has 0 bridgehead atoms. The first-order valence-electron chi connectivity index (χ1n) is 16.1. The molecule has 0 radical (unpaired) electrons. The predicted molar refractivity (Wildman–Crippen MR) is 158 cm³/mol.